The number of ether oxygens (including phenoxy) is 1. The molecule has 2 amide bonds. The lowest BCUT2D eigenvalue weighted by Gasteiger charge is -2.24. The van der Waals surface area contributed by atoms with Crippen molar-refractivity contribution in [2.75, 3.05) is 18.5 Å². The number of aryl methyl sites for hydroxylation is 1. The first kappa shape index (κ1) is 15.4. The summed E-state index contributed by atoms with van der Waals surface area (Å²) in [5.41, 5.74) is 1.49. The smallest absolute Gasteiger partial charge is 0.322 e. The molecule has 1 saturated heterocycles. The number of likely N-dealkylation sites (tertiary alicyclic amines) is 1. The topological polar surface area (TPSA) is 67.6 Å². The number of amides is 2. The van der Waals surface area contributed by atoms with Crippen molar-refractivity contribution >= 4 is 11.7 Å². The molecule has 1 N–H and O–H groups in total. The summed E-state index contributed by atoms with van der Waals surface area (Å²) in [6.07, 6.45) is 1.85. The predicted molar refractivity (Wildman–Crippen MR) is 86.6 cm³/mol. The molecule has 1 atom stereocenters. The summed E-state index contributed by atoms with van der Waals surface area (Å²) in [7, 11) is 0. The number of hydrogen-bond acceptors (Lipinski definition) is 4. The summed E-state index contributed by atoms with van der Waals surface area (Å²) in [6, 6.07) is 9.17. The molecule has 2 aromatic rings. The maximum Gasteiger partial charge on any atom is 0.322 e. The van der Waals surface area contributed by atoms with Crippen LogP contribution in [0.4, 0.5) is 10.5 Å². The Morgan fingerprint density at radius 1 is 1.48 bits per heavy atom. The van der Waals surface area contributed by atoms with Gasteiger partial charge in [0.05, 0.1) is 18.3 Å². The predicted octanol–water partition coefficient (Wildman–Crippen LogP) is 3.75. The van der Waals surface area contributed by atoms with Crippen molar-refractivity contribution in [2.45, 2.75) is 32.7 Å². The van der Waals surface area contributed by atoms with E-state index < -0.39 is 0 Å². The van der Waals surface area contributed by atoms with Crippen molar-refractivity contribution in [3.05, 3.63) is 41.8 Å². The average Bonchev–Trinajstić information content (AvgIpc) is 3.18. The SMILES string of the molecule is CCOc1ccccc1NC(=O)N1CCC[C@@H]1c1cc(C)on1. The lowest BCUT2D eigenvalue weighted by atomic mass is 10.1. The van der Waals surface area contributed by atoms with Gasteiger partial charge in [-0.3, -0.25) is 0 Å². The van der Waals surface area contributed by atoms with E-state index in [1.165, 1.54) is 0 Å². The van der Waals surface area contributed by atoms with Gasteiger partial charge < -0.3 is 19.5 Å². The van der Waals surface area contributed by atoms with Crippen LogP contribution < -0.4 is 10.1 Å². The van der Waals surface area contributed by atoms with Crippen molar-refractivity contribution < 1.29 is 14.1 Å². The Balaban J connectivity index is 1.75. The van der Waals surface area contributed by atoms with Crippen LogP contribution in [-0.4, -0.2) is 29.2 Å². The molecule has 0 spiro atoms. The normalized spacial score (nSPS) is 17.3. The molecule has 0 bridgehead atoms. The van der Waals surface area contributed by atoms with Gasteiger partial charge in [-0.15, -0.1) is 0 Å². The lowest BCUT2D eigenvalue weighted by molar-refractivity contribution is 0.204. The van der Waals surface area contributed by atoms with Crippen molar-refractivity contribution in [3.63, 3.8) is 0 Å². The Morgan fingerprint density at radius 2 is 2.30 bits per heavy atom. The maximum atomic E-state index is 12.7. The summed E-state index contributed by atoms with van der Waals surface area (Å²) in [5.74, 6) is 1.44. The van der Waals surface area contributed by atoms with E-state index in [4.69, 9.17) is 9.26 Å². The van der Waals surface area contributed by atoms with E-state index in [0.717, 1.165) is 24.3 Å². The number of carbonyl (C=O) groups excluding carboxylic acids is 1. The number of nitrogens with zero attached hydrogens (tertiary/aromatic N) is 2. The van der Waals surface area contributed by atoms with Crippen LogP contribution in [0.15, 0.2) is 34.9 Å². The standard InChI is InChI=1S/C17H21N3O3/c1-3-22-16-9-5-4-7-13(16)18-17(21)20-10-6-8-15(20)14-11-12(2)23-19-14/h4-5,7,9,11,15H,3,6,8,10H2,1-2H3,(H,18,21)/t15-/m1/s1. The molecule has 6 heteroatoms. The second kappa shape index (κ2) is 6.73. The first-order chi connectivity index (χ1) is 11.2. The van der Waals surface area contributed by atoms with E-state index in [2.05, 4.69) is 10.5 Å². The second-order valence-corrected chi connectivity index (χ2v) is 5.57. The number of benzene rings is 1. The van der Waals surface area contributed by atoms with Gasteiger partial charge in [0.25, 0.3) is 0 Å². The fourth-order valence-electron chi connectivity index (χ4n) is 2.90. The second-order valence-electron chi connectivity index (χ2n) is 5.57. The zero-order valence-corrected chi connectivity index (χ0v) is 13.4. The van der Waals surface area contributed by atoms with Crippen LogP contribution in [0.5, 0.6) is 5.75 Å². The van der Waals surface area contributed by atoms with Gasteiger partial charge in [-0.05, 0) is 38.8 Å². The summed E-state index contributed by atoms with van der Waals surface area (Å²) < 4.78 is 10.7. The zero-order valence-electron chi connectivity index (χ0n) is 13.4. The van der Waals surface area contributed by atoms with Gasteiger partial charge in [0.1, 0.15) is 17.2 Å². The van der Waals surface area contributed by atoms with Crippen LogP contribution in [-0.2, 0) is 0 Å². The summed E-state index contributed by atoms with van der Waals surface area (Å²) in [6.45, 7) is 5.03. The largest absolute Gasteiger partial charge is 0.492 e. The van der Waals surface area contributed by atoms with Crippen molar-refractivity contribution in [3.8, 4) is 5.75 Å². The van der Waals surface area contributed by atoms with Crippen LogP contribution in [0.3, 0.4) is 0 Å². The fourth-order valence-corrected chi connectivity index (χ4v) is 2.90. The van der Waals surface area contributed by atoms with E-state index >= 15 is 0 Å². The van der Waals surface area contributed by atoms with Gasteiger partial charge in [-0.25, -0.2) is 4.79 Å². The third-order valence-electron chi connectivity index (χ3n) is 3.93. The van der Waals surface area contributed by atoms with Crippen LogP contribution in [0.2, 0.25) is 0 Å². The molecule has 2 heterocycles. The first-order valence-corrected chi connectivity index (χ1v) is 7.91. The number of rotatable bonds is 4. The molecular formula is C17H21N3O3. The van der Waals surface area contributed by atoms with E-state index in [1.807, 2.05) is 44.2 Å². The molecule has 1 aromatic heterocycles. The summed E-state index contributed by atoms with van der Waals surface area (Å²) in [4.78, 5) is 14.5. The Labute approximate surface area is 135 Å². The number of anilines is 1. The third kappa shape index (κ3) is 3.31. The number of para-hydroxylation sites is 2. The van der Waals surface area contributed by atoms with Gasteiger partial charge in [0.2, 0.25) is 0 Å². The van der Waals surface area contributed by atoms with Crippen LogP contribution >= 0.6 is 0 Å². The minimum absolute atomic E-state index is 0.0355. The molecule has 6 nitrogen and oxygen atoms in total. The van der Waals surface area contributed by atoms with E-state index in [-0.39, 0.29) is 12.1 Å². The van der Waals surface area contributed by atoms with Gasteiger partial charge >= 0.3 is 6.03 Å². The quantitative estimate of drug-likeness (QED) is 0.933. The molecule has 1 fully saturated rings. The Bertz CT molecular complexity index is 683. The van der Waals surface area contributed by atoms with E-state index in [0.29, 0.717) is 24.6 Å². The fraction of sp³-hybridized carbons (Fsp3) is 0.412. The molecule has 0 unspecified atom stereocenters. The van der Waals surface area contributed by atoms with Crippen molar-refractivity contribution in [1.29, 1.82) is 0 Å². The average molecular weight is 315 g/mol. The summed E-state index contributed by atoms with van der Waals surface area (Å²) >= 11 is 0. The van der Waals surface area contributed by atoms with Crippen molar-refractivity contribution in [1.82, 2.24) is 10.1 Å². The number of carbonyl (C=O) groups is 1. The molecule has 3 rings (SSSR count). The zero-order chi connectivity index (χ0) is 16.2. The molecule has 23 heavy (non-hydrogen) atoms. The van der Waals surface area contributed by atoms with Gasteiger partial charge in [-0.2, -0.15) is 0 Å². The molecule has 1 aliphatic rings. The number of urea groups is 1. The molecule has 1 aliphatic heterocycles. The third-order valence-corrected chi connectivity index (χ3v) is 3.93. The first-order valence-electron chi connectivity index (χ1n) is 7.91. The van der Waals surface area contributed by atoms with Gasteiger partial charge in [-0.1, -0.05) is 17.3 Å². The number of aromatic nitrogens is 1. The highest BCUT2D eigenvalue weighted by Gasteiger charge is 2.32. The highest BCUT2D eigenvalue weighted by Crippen LogP contribution is 2.33. The van der Waals surface area contributed by atoms with Crippen molar-refractivity contribution in [2.24, 2.45) is 0 Å². The Hall–Kier alpha value is -2.50. The number of nitrogens with one attached hydrogen (secondary N) is 1. The minimum Gasteiger partial charge on any atom is -0.492 e. The van der Waals surface area contributed by atoms with E-state index in [9.17, 15) is 4.79 Å². The number of hydrogen-bond donors (Lipinski definition) is 1. The monoisotopic (exact) mass is 315 g/mol. The molecule has 0 radical (unpaired) electrons. The van der Waals surface area contributed by atoms with Crippen LogP contribution in [0.1, 0.15) is 37.3 Å². The maximum absolute atomic E-state index is 12.7. The molecular weight excluding hydrogens is 294 g/mol. The van der Waals surface area contributed by atoms with E-state index in [1.54, 1.807) is 4.90 Å². The lowest BCUT2D eigenvalue weighted by Crippen LogP contribution is -2.34. The van der Waals surface area contributed by atoms with Gasteiger partial charge in [0, 0.05) is 12.6 Å². The minimum atomic E-state index is -0.139. The molecule has 0 saturated carbocycles. The molecule has 0 aliphatic carbocycles. The molecule has 122 valence electrons. The van der Waals surface area contributed by atoms with Crippen LogP contribution in [0.25, 0.3) is 0 Å². The molecule has 1 aromatic carbocycles. The highest BCUT2D eigenvalue weighted by molar-refractivity contribution is 5.91. The summed E-state index contributed by atoms with van der Waals surface area (Å²) in [5, 5.41) is 7.01. The van der Waals surface area contributed by atoms with Gasteiger partial charge in [0.15, 0.2) is 0 Å². The van der Waals surface area contributed by atoms with Crippen LogP contribution in [0, 0.1) is 6.92 Å². The Morgan fingerprint density at radius 3 is 3.04 bits per heavy atom. The highest BCUT2D eigenvalue weighted by atomic mass is 16.5. The Kier molecular flexibility index (Phi) is 4.50.